The molecule has 1 unspecified atom stereocenters. The summed E-state index contributed by atoms with van der Waals surface area (Å²) in [5, 5.41) is 16.0. The van der Waals surface area contributed by atoms with Gasteiger partial charge in [-0.25, -0.2) is 0 Å². The minimum absolute atomic E-state index is 0.607. The molecule has 1 saturated heterocycles. The Labute approximate surface area is 114 Å². The highest BCUT2D eigenvalue weighted by Gasteiger charge is 2.21. The molecule has 0 spiro atoms. The summed E-state index contributed by atoms with van der Waals surface area (Å²) in [6, 6.07) is 8.75. The molecule has 0 amide bonds. The predicted octanol–water partition coefficient (Wildman–Crippen LogP) is 1.93. The Balaban J connectivity index is 1.76. The van der Waals surface area contributed by atoms with E-state index in [-0.39, 0.29) is 0 Å². The number of nitrogens with zero attached hydrogens (tertiary/aromatic N) is 2. The van der Waals surface area contributed by atoms with Gasteiger partial charge in [-0.3, -0.25) is 0 Å². The summed E-state index contributed by atoms with van der Waals surface area (Å²) in [7, 11) is 0. The van der Waals surface area contributed by atoms with Gasteiger partial charge in [0.1, 0.15) is 0 Å². The zero-order valence-electron chi connectivity index (χ0n) is 11.2. The summed E-state index contributed by atoms with van der Waals surface area (Å²) in [5.74, 6) is 0. The average molecular weight is 256 g/mol. The molecule has 1 atom stereocenters. The zero-order chi connectivity index (χ0) is 13.1. The van der Waals surface area contributed by atoms with E-state index in [0.717, 1.165) is 37.4 Å². The van der Waals surface area contributed by atoms with Crippen LogP contribution in [0.4, 0.5) is 11.4 Å². The maximum Gasteiger partial charge on any atom is 0.0992 e. The Kier molecular flexibility index (Phi) is 3.56. The van der Waals surface area contributed by atoms with Crippen LogP contribution >= 0.6 is 0 Å². The minimum atomic E-state index is 0.607. The number of anilines is 2. The molecule has 1 fully saturated rings. The number of fused-ring (bicyclic) bond motifs is 1. The van der Waals surface area contributed by atoms with E-state index in [1.807, 2.05) is 12.1 Å². The number of nitriles is 1. The number of benzene rings is 1. The Morgan fingerprint density at radius 2 is 2.26 bits per heavy atom. The monoisotopic (exact) mass is 256 g/mol. The van der Waals surface area contributed by atoms with Gasteiger partial charge in [0.25, 0.3) is 0 Å². The van der Waals surface area contributed by atoms with E-state index in [1.165, 1.54) is 24.9 Å². The molecule has 4 heteroatoms. The first-order valence-electron chi connectivity index (χ1n) is 7.13. The summed E-state index contributed by atoms with van der Waals surface area (Å²) in [6.45, 7) is 4.21. The highest BCUT2D eigenvalue weighted by atomic mass is 15.2. The molecule has 19 heavy (non-hydrogen) atoms. The van der Waals surface area contributed by atoms with Crippen LogP contribution in [-0.4, -0.2) is 32.2 Å². The van der Waals surface area contributed by atoms with Crippen molar-refractivity contribution in [1.29, 1.82) is 5.26 Å². The molecule has 2 aliphatic heterocycles. The Bertz CT molecular complexity index is 485. The van der Waals surface area contributed by atoms with Gasteiger partial charge < -0.3 is 15.5 Å². The van der Waals surface area contributed by atoms with E-state index in [2.05, 4.69) is 27.7 Å². The van der Waals surface area contributed by atoms with Crippen molar-refractivity contribution in [3.8, 4) is 6.07 Å². The van der Waals surface area contributed by atoms with Crippen LogP contribution in [0.15, 0.2) is 18.2 Å². The lowest BCUT2D eigenvalue weighted by Crippen LogP contribution is -2.46. The van der Waals surface area contributed by atoms with Gasteiger partial charge in [-0.1, -0.05) is 6.42 Å². The largest absolute Gasteiger partial charge is 0.382 e. The molecular weight excluding hydrogens is 236 g/mol. The van der Waals surface area contributed by atoms with Crippen molar-refractivity contribution >= 4 is 11.4 Å². The number of nitrogens with one attached hydrogen (secondary N) is 2. The molecule has 0 bridgehead atoms. The molecule has 100 valence electrons. The number of rotatable bonds is 2. The topological polar surface area (TPSA) is 51.1 Å². The molecule has 1 aromatic rings. The van der Waals surface area contributed by atoms with E-state index >= 15 is 0 Å². The van der Waals surface area contributed by atoms with E-state index in [9.17, 15) is 0 Å². The predicted molar refractivity (Wildman–Crippen MR) is 77.5 cm³/mol. The summed E-state index contributed by atoms with van der Waals surface area (Å²) in [6.07, 6.45) is 3.92. The second kappa shape index (κ2) is 5.50. The van der Waals surface area contributed by atoms with Gasteiger partial charge in [0, 0.05) is 25.7 Å². The van der Waals surface area contributed by atoms with Crippen molar-refractivity contribution in [2.24, 2.45) is 0 Å². The van der Waals surface area contributed by atoms with Crippen LogP contribution in [-0.2, 0) is 0 Å². The number of hydrogen-bond donors (Lipinski definition) is 2. The van der Waals surface area contributed by atoms with Gasteiger partial charge in [0.2, 0.25) is 0 Å². The van der Waals surface area contributed by atoms with Crippen LogP contribution in [0, 0.1) is 11.3 Å². The Morgan fingerprint density at radius 1 is 1.32 bits per heavy atom. The average Bonchev–Trinajstić information content (AvgIpc) is 2.48. The molecule has 0 saturated carbocycles. The molecule has 3 rings (SSSR count). The molecule has 2 aliphatic rings. The third-order valence-corrected chi connectivity index (χ3v) is 4.02. The third-order valence-electron chi connectivity index (χ3n) is 4.02. The van der Waals surface area contributed by atoms with Gasteiger partial charge in [-0.15, -0.1) is 0 Å². The van der Waals surface area contributed by atoms with E-state index in [0.29, 0.717) is 6.04 Å². The lowest BCUT2D eigenvalue weighted by atomic mass is 10.0. The van der Waals surface area contributed by atoms with E-state index in [4.69, 9.17) is 5.26 Å². The minimum Gasteiger partial charge on any atom is -0.382 e. The maximum absolute atomic E-state index is 8.96. The van der Waals surface area contributed by atoms with Crippen LogP contribution in [0.1, 0.15) is 24.8 Å². The second-order valence-electron chi connectivity index (χ2n) is 5.36. The standard InChI is InChI=1S/C15H20N4/c16-10-12-4-5-15-14(9-12)18-7-8-19(15)11-13-3-1-2-6-17-13/h4-5,9,13,17-18H,1-3,6-8,11H2. The van der Waals surface area contributed by atoms with Crippen LogP contribution in [0.3, 0.4) is 0 Å². The first-order valence-corrected chi connectivity index (χ1v) is 7.13. The quantitative estimate of drug-likeness (QED) is 0.849. The van der Waals surface area contributed by atoms with Crippen LogP contribution in [0.25, 0.3) is 0 Å². The van der Waals surface area contributed by atoms with Crippen molar-refractivity contribution in [3.05, 3.63) is 23.8 Å². The van der Waals surface area contributed by atoms with Crippen molar-refractivity contribution < 1.29 is 0 Å². The van der Waals surface area contributed by atoms with Crippen molar-refractivity contribution in [3.63, 3.8) is 0 Å². The maximum atomic E-state index is 8.96. The first kappa shape index (κ1) is 12.3. The summed E-state index contributed by atoms with van der Waals surface area (Å²) < 4.78 is 0. The fourth-order valence-corrected chi connectivity index (χ4v) is 3.00. The summed E-state index contributed by atoms with van der Waals surface area (Å²) >= 11 is 0. The van der Waals surface area contributed by atoms with E-state index in [1.54, 1.807) is 0 Å². The van der Waals surface area contributed by atoms with Crippen molar-refractivity contribution in [1.82, 2.24) is 5.32 Å². The van der Waals surface area contributed by atoms with Gasteiger partial charge in [0.05, 0.1) is 23.0 Å². The normalized spacial score (nSPS) is 22.3. The van der Waals surface area contributed by atoms with Gasteiger partial charge in [-0.2, -0.15) is 5.26 Å². The fraction of sp³-hybridized carbons (Fsp3) is 0.533. The van der Waals surface area contributed by atoms with Crippen molar-refractivity contribution in [2.45, 2.75) is 25.3 Å². The van der Waals surface area contributed by atoms with E-state index < -0.39 is 0 Å². The first-order chi connectivity index (χ1) is 9.36. The summed E-state index contributed by atoms with van der Waals surface area (Å²) in [5.41, 5.74) is 3.06. The molecule has 2 heterocycles. The molecule has 1 aromatic carbocycles. The molecule has 4 nitrogen and oxygen atoms in total. The molecular formula is C15H20N4. The van der Waals surface area contributed by atoms with Gasteiger partial charge >= 0.3 is 0 Å². The van der Waals surface area contributed by atoms with Crippen LogP contribution in [0.2, 0.25) is 0 Å². The molecule has 0 radical (unpaired) electrons. The highest BCUT2D eigenvalue weighted by Crippen LogP contribution is 2.30. The number of piperidine rings is 1. The van der Waals surface area contributed by atoms with Crippen LogP contribution < -0.4 is 15.5 Å². The van der Waals surface area contributed by atoms with Crippen LogP contribution in [0.5, 0.6) is 0 Å². The van der Waals surface area contributed by atoms with Gasteiger partial charge in [0.15, 0.2) is 0 Å². The lowest BCUT2D eigenvalue weighted by Gasteiger charge is -2.36. The number of hydrogen-bond acceptors (Lipinski definition) is 4. The zero-order valence-corrected chi connectivity index (χ0v) is 11.2. The SMILES string of the molecule is N#Cc1ccc2c(c1)NCCN2CC1CCCCN1. The molecule has 0 aromatic heterocycles. The Morgan fingerprint density at radius 3 is 3.05 bits per heavy atom. The highest BCUT2D eigenvalue weighted by molar-refractivity contribution is 5.73. The smallest absolute Gasteiger partial charge is 0.0992 e. The molecule has 2 N–H and O–H groups in total. The van der Waals surface area contributed by atoms with Crippen molar-refractivity contribution in [2.75, 3.05) is 36.4 Å². The molecule has 0 aliphatic carbocycles. The fourth-order valence-electron chi connectivity index (χ4n) is 3.00. The van der Waals surface area contributed by atoms with Gasteiger partial charge in [-0.05, 0) is 37.6 Å². The lowest BCUT2D eigenvalue weighted by molar-refractivity contribution is 0.399. The second-order valence-corrected chi connectivity index (χ2v) is 5.36. The Hall–Kier alpha value is -1.73. The summed E-state index contributed by atoms with van der Waals surface area (Å²) in [4.78, 5) is 2.44. The third kappa shape index (κ3) is 2.66.